The molecule has 0 aliphatic heterocycles. The van der Waals surface area contributed by atoms with Gasteiger partial charge >= 0.3 is 0 Å². The van der Waals surface area contributed by atoms with Crippen molar-refractivity contribution in [1.82, 2.24) is 15.1 Å². The van der Waals surface area contributed by atoms with Gasteiger partial charge in [0.2, 0.25) is 5.91 Å². The van der Waals surface area contributed by atoms with Crippen LogP contribution in [0.25, 0.3) is 5.69 Å². The van der Waals surface area contributed by atoms with E-state index in [2.05, 4.69) is 10.4 Å². The number of hydrogen-bond acceptors (Lipinski definition) is 5. The Kier molecular flexibility index (Phi) is 4.60. The van der Waals surface area contributed by atoms with Crippen molar-refractivity contribution in [3.05, 3.63) is 34.0 Å². The Bertz CT molecular complexity index is 737. The molecule has 1 aromatic heterocycles. The molecule has 1 amide bonds. The first-order chi connectivity index (χ1) is 10.5. The van der Waals surface area contributed by atoms with Crippen LogP contribution in [0.1, 0.15) is 19.8 Å². The fraction of sp³-hybridized carbons (Fsp3) is 0.357. The molecule has 0 saturated heterocycles. The molecular formula is C14H14FN3OS3. The number of halogens is 1. The number of nitrogens with zero attached hydrogens (tertiary/aromatic N) is 2. The second-order valence-corrected chi connectivity index (χ2v) is 8.28. The first-order valence-electron chi connectivity index (χ1n) is 6.86. The Balaban J connectivity index is 1.72. The van der Waals surface area contributed by atoms with Crippen molar-refractivity contribution in [3.63, 3.8) is 0 Å². The highest BCUT2D eigenvalue weighted by Crippen LogP contribution is 2.28. The van der Waals surface area contributed by atoms with Crippen LogP contribution in [0.2, 0.25) is 0 Å². The van der Waals surface area contributed by atoms with E-state index in [-0.39, 0.29) is 17.0 Å². The van der Waals surface area contributed by atoms with Crippen molar-refractivity contribution in [1.29, 1.82) is 0 Å². The van der Waals surface area contributed by atoms with Crippen LogP contribution in [-0.2, 0) is 4.79 Å². The Morgan fingerprint density at radius 1 is 1.50 bits per heavy atom. The number of nitrogens with one attached hydrogen (secondary N) is 1. The van der Waals surface area contributed by atoms with Gasteiger partial charge in [-0.3, -0.25) is 4.79 Å². The predicted molar refractivity (Wildman–Crippen MR) is 88.7 cm³/mol. The minimum Gasteiger partial charge on any atom is -0.352 e. The second-order valence-electron chi connectivity index (χ2n) is 5.07. The fourth-order valence-electron chi connectivity index (χ4n) is 1.80. The Morgan fingerprint density at radius 2 is 2.18 bits per heavy atom. The molecule has 0 bridgehead atoms. The zero-order valence-electron chi connectivity index (χ0n) is 11.8. The molecule has 1 aliphatic rings. The molecule has 22 heavy (non-hydrogen) atoms. The van der Waals surface area contributed by atoms with Crippen molar-refractivity contribution >= 4 is 41.2 Å². The van der Waals surface area contributed by atoms with Crippen molar-refractivity contribution in [2.24, 2.45) is 0 Å². The molecule has 0 radical (unpaired) electrons. The van der Waals surface area contributed by atoms with Gasteiger partial charge < -0.3 is 5.32 Å². The van der Waals surface area contributed by atoms with Gasteiger partial charge in [0.15, 0.2) is 8.29 Å². The van der Waals surface area contributed by atoms with Gasteiger partial charge in [0.1, 0.15) is 5.82 Å². The van der Waals surface area contributed by atoms with Crippen molar-refractivity contribution in [2.75, 3.05) is 0 Å². The molecule has 2 aromatic rings. The number of benzene rings is 1. The van der Waals surface area contributed by atoms with Crippen LogP contribution in [-0.4, -0.2) is 27.0 Å². The third kappa shape index (κ3) is 3.74. The summed E-state index contributed by atoms with van der Waals surface area (Å²) in [6.07, 6.45) is 2.14. The van der Waals surface area contributed by atoms with Crippen LogP contribution < -0.4 is 5.32 Å². The summed E-state index contributed by atoms with van der Waals surface area (Å²) in [6.45, 7) is 1.86. The van der Waals surface area contributed by atoms with E-state index in [1.165, 1.54) is 35.2 Å². The quantitative estimate of drug-likeness (QED) is 0.658. The average molecular weight is 355 g/mol. The number of hydrogen-bond donors (Lipinski definition) is 1. The highest BCUT2D eigenvalue weighted by atomic mass is 32.2. The van der Waals surface area contributed by atoms with Gasteiger partial charge in [-0.15, -0.1) is 5.10 Å². The lowest BCUT2D eigenvalue weighted by Gasteiger charge is -2.09. The number of rotatable bonds is 5. The van der Waals surface area contributed by atoms with Crippen LogP contribution in [0.15, 0.2) is 28.6 Å². The summed E-state index contributed by atoms with van der Waals surface area (Å²) in [4.78, 5) is 12.0. The van der Waals surface area contributed by atoms with E-state index in [9.17, 15) is 9.18 Å². The van der Waals surface area contributed by atoms with Crippen LogP contribution >= 0.6 is 35.3 Å². The largest absolute Gasteiger partial charge is 0.352 e. The minimum absolute atomic E-state index is 0.0296. The molecule has 8 heteroatoms. The predicted octanol–water partition coefficient (Wildman–Crippen LogP) is 3.56. The number of carbonyl (C=O) groups is 1. The normalized spacial score (nSPS) is 15.5. The molecule has 1 fully saturated rings. The number of carbonyl (C=O) groups excluding carboxylic acids is 1. The third-order valence-electron chi connectivity index (χ3n) is 3.17. The number of amides is 1. The summed E-state index contributed by atoms with van der Waals surface area (Å²) in [7, 11) is 0. The first-order valence-corrected chi connectivity index (χ1v) is 8.96. The Hall–Kier alpha value is -1.25. The monoisotopic (exact) mass is 355 g/mol. The van der Waals surface area contributed by atoms with Crippen LogP contribution in [0.5, 0.6) is 0 Å². The summed E-state index contributed by atoms with van der Waals surface area (Å²) in [6, 6.07) is 6.35. The molecule has 0 unspecified atom stereocenters. The lowest BCUT2D eigenvalue weighted by Crippen LogP contribution is -2.32. The minimum atomic E-state index is -0.300. The van der Waals surface area contributed by atoms with E-state index >= 15 is 0 Å². The zero-order chi connectivity index (χ0) is 15.7. The van der Waals surface area contributed by atoms with Gasteiger partial charge in [0, 0.05) is 6.04 Å². The molecule has 3 rings (SSSR count). The number of aromatic nitrogens is 2. The molecular weight excluding hydrogens is 341 g/mol. The van der Waals surface area contributed by atoms with Gasteiger partial charge in [-0.1, -0.05) is 23.1 Å². The standard InChI is InChI=1S/C14H14FN3OS3/c1-8(12(19)16-10-4-5-10)21-13-17-18(14(20)22-13)11-6-2-9(15)3-7-11/h2-3,6-8,10H,4-5H2,1H3,(H,16,19)/t8-/m0/s1. The van der Waals surface area contributed by atoms with E-state index in [4.69, 9.17) is 12.2 Å². The summed E-state index contributed by atoms with van der Waals surface area (Å²) >= 11 is 8.04. The molecule has 1 aliphatic carbocycles. The van der Waals surface area contributed by atoms with Gasteiger partial charge in [-0.05, 0) is 56.2 Å². The molecule has 116 valence electrons. The third-order valence-corrected chi connectivity index (χ3v) is 5.59. The lowest BCUT2D eigenvalue weighted by atomic mass is 10.3. The van der Waals surface area contributed by atoms with Crippen molar-refractivity contribution in [2.45, 2.75) is 35.4 Å². The van der Waals surface area contributed by atoms with Gasteiger partial charge in [-0.25, -0.2) is 9.07 Å². The highest BCUT2D eigenvalue weighted by molar-refractivity contribution is 8.02. The molecule has 1 heterocycles. The maximum Gasteiger partial charge on any atom is 0.233 e. The smallest absolute Gasteiger partial charge is 0.233 e. The molecule has 1 aromatic carbocycles. The molecule has 1 atom stereocenters. The summed E-state index contributed by atoms with van der Waals surface area (Å²) in [5, 5.41) is 7.17. The topological polar surface area (TPSA) is 46.9 Å². The fourth-order valence-corrected chi connectivity index (χ4v) is 4.32. The highest BCUT2D eigenvalue weighted by Gasteiger charge is 2.26. The van der Waals surface area contributed by atoms with Crippen LogP contribution in [0.3, 0.4) is 0 Å². The summed E-state index contributed by atoms with van der Waals surface area (Å²) in [5.41, 5.74) is 0.713. The average Bonchev–Trinajstić information content (AvgIpc) is 3.22. The van der Waals surface area contributed by atoms with E-state index in [1.807, 2.05) is 6.92 Å². The van der Waals surface area contributed by atoms with Crippen molar-refractivity contribution < 1.29 is 9.18 Å². The van der Waals surface area contributed by atoms with Gasteiger partial charge in [0.05, 0.1) is 10.9 Å². The molecule has 1 saturated carbocycles. The molecule has 4 nitrogen and oxygen atoms in total. The van der Waals surface area contributed by atoms with Gasteiger partial charge in [0.25, 0.3) is 0 Å². The van der Waals surface area contributed by atoms with E-state index < -0.39 is 0 Å². The van der Waals surface area contributed by atoms with E-state index in [0.29, 0.717) is 15.7 Å². The van der Waals surface area contributed by atoms with Gasteiger partial charge in [-0.2, -0.15) is 0 Å². The summed E-state index contributed by atoms with van der Waals surface area (Å²) in [5.74, 6) is -0.271. The Morgan fingerprint density at radius 3 is 2.82 bits per heavy atom. The van der Waals surface area contributed by atoms with Crippen LogP contribution in [0.4, 0.5) is 4.39 Å². The number of thioether (sulfide) groups is 1. The van der Waals surface area contributed by atoms with Crippen LogP contribution in [0, 0.1) is 9.77 Å². The Labute approximate surface area is 140 Å². The molecule has 0 spiro atoms. The summed E-state index contributed by atoms with van der Waals surface area (Å²) < 4.78 is 15.9. The maximum absolute atomic E-state index is 13.0. The van der Waals surface area contributed by atoms with E-state index in [1.54, 1.807) is 16.8 Å². The van der Waals surface area contributed by atoms with Crippen molar-refractivity contribution in [3.8, 4) is 5.69 Å². The zero-order valence-corrected chi connectivity index (χ0v) is 14.2. The van der Waals surface area contributed by atoms with E-state index in [0.717, 1.165) is 17.2 Å². The maximum atomic E-state index is 13.0. The lowest BCUT2D eigenvalue weighted by molar-refractivity contribution is -0.120. The second kappa shape index (κ2) is 6.47. The SMILES string of the molecule is C[C@H](Sc1nn(-c2ccc(F)cc2)c(=S)s1)C(=O)NC1CC1. The molecule has 1 N–H and O–H groups in total. The first kappa shape index (κ1) is 15.6.